The highest BCUT2D eigenvalue weighted by molar-refractivity contribution is 9.10. The molecule has 0 unspecified atom stereocenters. The smallest absolute Gasteiger partial charge is 0.416 e. The van der Waals surface area contributed by atoms with Gasteiger partial charge in [-0.1, -0.05) is 15.9 Å². The minimum Gasteiger partial charge on any atom is -0.478 e. The zero-order valence-electron chi connectivity index (χ0n) is 10.3. The van der Waals surface area contributed by atoms with Crippen LogP contribution in [0.4, 0.5) is 13.2 Å². The summed E-state index contributed by atoms with van der Waals surface area (Å²) in [6, 6.07) is 8.32. The maximum absolute atomic E-state index is 12.4. The zero-order valence-corrected chi connectivity index (χ0v) is 11.9. The summed E-state index contributed by atoms with van der Waals surface area (Å²) in [5, 5.41) is 8.92. The molecular formula is C14H8BrF3O3. The number of carbonyl (C=O) groups is 1. The Hall–Kier alpha value is -2.02. The number of hydrogen-bond acceptors (Lipinski definition) is 2. The molecule has 0 aromatic heterocycles. The van der Waals surface area contributed by atoms with E-state index in [-0.39, 0.29) is 17.1 Å². The van der Waals surface area contributed by atoms with Gasteiger partial charge >= 0.3 is 12.1 Å². The van der Waals surface area contributed by atoms with E-state index in [0.29, 0.717) is 4.47 Å². The Morgan fingerprint density at radius 2 is 1.67 bits per heavy atom. The van der Waals surface area contributed by atoms with Crippen molar-refractivity contribution in [1.82, 2.24) is 0 Å². The van der Waals surface area contributed by atoms with Gasteiger partial charge in [-0.3, -0.25) is 0 Å². The first-order chi connectivity index (χ1) is 9.75. The Bertz CT molecular complexity index is 666. The molecule has 0 spiro atoms. The Morgan fingerprint density at radius 1 is 1.05 bits per heavy atom. The minimum absolute atomic E-state index is 0.00582. The van der Waals surface area contributed by atoms with Gasteiger partial charge in [0.1, 0.15) is 11.5 Å². The van der Waals surface area contributed by atoms with Crippen LogP contribution >= 0.6 is 15.9 Å². The van der Waals surface area contributed by atoms with Crippen LogP contribution in [0.2, 0.25) is 0 Å². The molecule has 3 nitrogen and oxygen atoms in total. The zero-order chi connectivity index (χ0) is 15.6. The van der Waals surface area contributed by atoms with Gasteiger partial charge in [-0.05, 0) is 42.5 Å². The van der Waals surface area contributed by atoms with Gasteiger partial charge in [-0.25, -0.2) is 4.79 Å². The third-order valence-electron chi connectivity index (χ3n) is 2.54. The van der Waals surface area contributed by atoms with Crippen molar-refractivity contribution in [2.75, 3.05) is 0 Å². The molecule has 0 aliphatic heterocycles. The summed E-state index contributed by atoms with van der Waals surface area (Å²) in [4.78, 5) is 10.9. The monoisotopic (exact) mass is 360 g/mol. The van der Waals surface area contributed by atoms with Gasteiger partial charge in [0.25, 0.3) is 0 Å². The number of carboxylic acid groups (broad SMARTS) is 1. The van der Waals surface area contributed by atoms with Crippen molar-refractivity contribution < 1.29 is 27.8 Å². The van der Waals surface area contributed by atoms with Crippen molar-refractivity contribution in [3.05, 3.63) is 58.1 Å². The molecule has 0 radical (unpaired) electrons. The Kier molecular flexibility index (Phi) is 4.22. The predicted molar refractivity (Wildman–Crippen MR) is 72.6 cm³/mol. The summed E-state index contributed by atoms with van der Waals surface area (Å²) in [6.45, 7) is 0. The van der Waals surface area contributed by atoms with Crippen LogP contribution in [-0.4, -0.2) is 11.1 Å². The molecule has 0 aliphatic rings. The van der Waals surface area contributed by atoms with Crippen molar-refractivity contribution in [2.24, 2.45) is 0 Å². The van der Waals surface area contributed by atoms with Gasteiger partial charge in [-0.2, -0.15) is 13.2 Å². The van der Waals surface area contributed by atoms with E-state index in [2.05, 4.69) is 15.9 Å². The molecule has 110 valence electrons. The Labute approximate surface area is 126 Å². The van der Waals surface area contributed by atoms with E-state index in [1.165, 1.54) is 30.3 Å². The highest BCUT2D eigenvalue weighted by Crippen LogP contribution is 2.32. The Morgan fingerprint density at radius 3 is 2.19 bits per heavy atom. The van der Waals surface area contributed by atoms with Crippen LogP contribution < -0.4 is 4.74 Å². The third-order valence-corrected chi connectivity index (χ3v) is 2.99. The number of benzene rings is 2. The van der Waals surface area contributed by atoms with E-state index >= 15 is 0 Å². The van der Waals surface area contributed by atoms with E-state index in [9.17, 15) is 18.0 Å². The average Bonchev–Trinajstić information content (AvgIpc) is 2.37. The second-order valence-corrected chi connectivity index (χ2v) is 5.02. The van der Waals surface area contributed by atoms with Gasteiger partial charge in [0.2, 0.25) is 0 Å². The van der Waals surface area contributed by atoms with Gasteiger partial charge < -0.3 is 9.84 Å². The average molecular weight is 361 g/mol. The summed E-state index contributed by atoms with van der Waals surface area (Å²) >= 11 is 3.14. The number of hydrogen-bond donors (Lipinski definition) is 1. The first-order valence-electron chi connectivity index (χ1n) is 5.65. The van der Waals surface area contributed by atoms with Gasteiger partial charge in [0.05, 0.1) is 11.1 Å². The molecule has 0 saturated carbocycles. The first-order valence-corrected chi connectivity index (χ1v) is 6.44. The lowest BCUT2D eigenvalue weighted by atomic mass is 10.2. The van der Waals surface area contributed by atoms with Gasteiger partial charge in [0, 0.05) is 4.47 Å². The fraction of sp³-hybridized carbons (Fsp3) is 0.0714. The molecule has 2 aromatic carbocycles. The summed E-state index contributed by atoms with van der Waals surface area (Å²) in [5.74, 6) is -0.743. The highest BCUT2D eigenvalue weighted by atomic mass is 79.9. The summed E-state index contributed by atoms with van der Waals surface area (Å²) < 4.78 is 43.1. The van der Waals surface area contributed by atoms with Crippen molar-refractivity contribution in [3.63, 3.8) is 0 Å². The summed E-state index contributed by atoms with van der Waals surface area (Å²) in [6.07, 6.45) is -4.41. The van der Waals surface area contributed by atoms with Crippen LogP contribution in [0.3, 0.4) is 0 Å². The molecule has 7 heteroatoms. The highest BCUT2D eigenvalue weighted by Gasteiger charge is 2.30. The van der Waals surface area contributed by atoms with E-state index in [1.807, 2.05) is 0 Å². The largest absolute Gasteiger partial charge is 0.478 e. The summed E-state index contributed by atoms with van der Waals surface area (Å²) in [5.41, 5.74) is -0.776. The van der Waals surface area contributed by atoms with Crippen molar-refractivity contribution in [2.45, 2.75) is 6.18 Å². The lowest BCUT2D eigenvalue weighted by Gasteiger charge is -2.09. The minimum atomic E-state index is -4.41. The van der Waals surface area contributed by atoms with E-state index in [1.54, 1.807) is 0 Å². The molecule has 0 amide bonds. The number of aromatic carboxylic acids is 1. The second-order valence-electron chi connectivity index (χ2n) is 4.10. The fourth-order valence-electron chi connectivity index (χ4n) is 1.59. The molecule has 0 aliphatic carbocycles. The second kappa shape index (κ2) is 5.77. The van der Waals surface area contributed by atoms with Crippen LogP contribution in [0.25, 0.3) is 0 Å². The number of halogens is 4. The van der Waals surface area contributed by atoms with Crippen LogP contribution in [0.15, 0.2) is 46.9 Å². The van der Waals surface area contributed by atoms with E-state index in [4.69, 9.17) is 9.84 Å². The topological polar surface area (TPSA) is 46.5 Å². The van der Waals surface area contributed by atoms with Crippen molar-refractivity contribution in [1.29, 1.82) is 0 Å². The maximum Gasteiger partial charge on any atom is 0.416 e. The molecule has 0 saturated heterocycles. The lowest BCUT2D eigenvalue weighted by Crippen LogP contribution is -2.04. The molecule has 0 fully saturated rings. The normalized spacial score (nSPS) is 11.2. The number of rotatable bonds is 3. The first kappa shape index (κ1) is 15.4. The molecule has 0 atom stereocenters. The molecule has 2 aromatic rings. The molecular weight excluding hydrogens is 353 g/mol. The number of ether oxygens (including phenoxy) is 1. The molecule has 2 rings (SSSR count). The van der Waals surface area contributed by atoms with Gasteiger partial charge in [0.15, 0.2) is 0 Å². The SMILES string of the molecule is O=C(O)c1cc(Br)cc(Oc2ccc(C(F)(F)F)cc2)c1. The van der Waals surface area contributed by atoms with Crippen molar-refractivity contribution >= 4 is 21.9 Å². The summed E-state index contributed by atoms with van der Waals surface area (Å²) in [7, 11) is 0. The quantitative estimate of drug-likeness (QED) is 0.841. The Balaban J connectivity index is 2.24. The molecule has 0 heterocycles. The lowest BCUT2D eigenvalue weighted by molar-refractivity contribution is -0.137. The molecule has 21 heavy (non-hydrogen) atoms. The van der Waals surface area contributed by atoms with Crippen molar-refractivity contribution in [3.8, 4) is 11.5 Å². The molecule has 1 N–H and O–H groups in total. The third kappa shape index (κ3) is 3.98. The van der Waals surface area contributed by atoms with Crippen LogP contribution in [0.1, 0.15) is 15.9 Å². The predicted octanol–water partition coefficient (Wildman–Crippen LogP) is 4.96. The van der Waals surface area contributed by atoms with Crippen LogP contribution in [0, 0.1) is 0 Å². The number of alkyl halides is 3. The number of carboxylic acids is 1. The van der Waals surface area contributed by atoms with E-state index in [0.717, 1.165) is 12.1 Å². The van der Waals surface area contributed by atoms with Gasteiger partial charge in [-0.15, -0.1) is 0 Å². The maximum atomic E-state index is 12.4. The molecule has 0 bridgehead atoms. The fourth-order valence-corrected chi connectivity index (χ4v) is 2.07. The van der Waals surface area contributed by atoms with Crippen LogP contribution in [-0.2, 0) is 6.18 Å². The van der Waals surface area contributed by atoms with Crippen LogP contribution in [0.5, 0.6) is 11.5 Å². The van der Waals surface area contributed by atoms with E-state index < -0.39 is 17.7 Å². The standard InChI is InChI=1S/C14H8BrF3O3/c15-10-5-8(13(19)20)6-12(7-10)21-11-3-1-9(2-4-11)14(16,17)18/h1-7H,(H,19,20).